The number of sulfone groups is 1. The Hall–Kier alpha value is -2.95. The highest BCUT2D eigenvalue weighted by molar-refractivity contribution is 7.91. The number of anilines is 1. The molecule has 0 bridgehead atoms. The first-order valence-electron chi connectivity index (χ1n) is 10.9. The monoisotopic (exact) mass is 458 g/mol. The average molecular weight is 459 g/mol. The molecule has 0 spiro atoms. The molecule has 0 unspecified atom stereocenters. The van der Waals surface area contributed by atoms with Crippen molar-refractivity contribution in [1.82, 2.24) is 24.5 Å². The number of carbonyl (C=O) groups is 1. The van der Waals surface area contributed by atoms with Gasteiger partial charge in [-0.05, 0) is 44.7 Å². The SMILES string of the molecule is C[C@H]1CCc2c(ccc3c2nc(CCn2nccn2)n3[C@@H]2CCCS(=O)(=O)C2)N1C(=O)O. The van der Waals surface area contributed by atoms with E-state index in [1.54, 1.807) is 17.2 Å². The molecular formula is C21H26N6O4S. The van der Waals surface area contributed by atoms with Crippen LogP contribution in [0, 0.1) is 0 Å². The molecule has 3 aromatic rings. The number of aromatic nitrogens is 5. The van der Waals surface area contributed by atoms with Crippen molar-refractivity contribution in [2.24, 2.45) is 0 Å². The van der Waals surface area contributed by atoms with E-state index in [0.717, 1.165) is 41.7 Å². The molecule has 0 radical (unpaired) electrons. The minimum absolute atomic E-state index is 0.0981. The predicted octanol–water partition coefficient (Wildman–Crippen LogP) is 2.44. The van der Waals surface area contributed by atoms with Gasteiger partial charge in [-0.25, -0.2) is 18.2 Å². The molecule has 170 valence electrons. The molecule has 1 fully saturated rings. The van der Waals surface area contributed by atoms with Crippen molar-refractivity contribution in [2.45, 2.75) is 57.7 Å². The fourth-order valence-electron chi connectivity index (χ4n) is 5.08. The van der Waals surface area contributed by atoms with Crippen LogP contribution in [0.3, 0.4) is 0 Å². The predicted molar refractivity (Wildman–Crippen MR) is 119 cm³/mol. The lowest BCUT2D eigenvalue weighted by Crippen LogP contribution is -2.41. The summed E-state index contributed by atoms with van der Waals surface area (Å²) < 4.78 is 26.9. The number of carboxylic acid groups (broad SMARTS) is 1. The second-order valence-electron chi connectivity index (χ2n) is 8.65. The largest absolute Gasteiger partial charge is 0.465 e. The number of amides is 1. The summed E-state index contributed by atoms with van der Waals surface area (Å²) >= 11 is 0. The molecule has 0 saturated carbocycles. The normalized spacial score (nSPS) is 22.7. The Bertz CT molecular complexity index is 1270. The summed E-state index contributed by atoms with van der Waals surface area (Å²) in [6.07, 6.45) is 5.67. The van der Waals surface area contributed by atoms with E-state index in [2.05, 4.69) is 14.8 Å². The van der Waals surface area contributed by atoms with Gasteiger partial charge in [0, 0.05) is 24.1 Å². The maximum absolute atomic E-state index is 12.4. The van der Waals surface area contributed by atoms with Crippen LogP contribution in [0.5, 0.6) is 0 Å². The van der Waals surface area contributed by atoms with Crippen molar-refractivity contribution in [3.05, 3.63) is 35.9 Å². The zero-order valence-electron chi connectivity index (χ0n) is 17.9. The van der Waals surface area contributed by atoms with Gasteiger partial charge in [0.05, 0.1) is 47.2 Å². The fraction of sp³-hybridized carbons (Fsp3) is 0.524. The van der Waals surface area contributed by atoms with Crippen LogP contribution in [-0.4, -0.2) is 61.7 Å². The molecule has 10 nitrogen and oxygen atoms in total. The van der Waals surface area contributed by atoms with Gasteiger partial charge in [0.1, 0.15) is 5.82 Å². The molecule has 11 heteroatoms. The van der Waals surface area contributed by atoms with Crippen molar-refractivity contribution >= 4 is 32.7 Å². The Balaban J connectivity index is 1.64. The summed E-state index contributed by atoms with van der Waals surface area (Å²) in [6, 6.07) is 3.45. The van der Waals surface area contributed by atoms with E-state index in [1.807, 2.05) is 19.1 Å². The lowest BCUT2D eigenvalue weighted by atomic mass is 9.95. The first-order valence-corrected chi connectivity index (χ1v) is 12.8. The van der Waals surface area contributed by atoms with Crippen molar-refractivity contribution in [1.29, 1.82) is 0 Å². The smallest absolute Gasteiger partial charge is 0.412 e. The summed E-state index contributed by atoms with van der Waals surface area (Å²) in [7, 11) is -3.11. The van der Waals surface area contributed by atoms with Crippen LogP contribution >= 0.6 is 0 Å². The number of nitrogens with zero attached hydrogens (tertiary/aromatic N) is 6. The number of rotatable bonds is 4. The highest BCUT2D eigenvalue weighted by Gasteiger charge is 2.33. The number of hydrogen-bond acceptors (Lipinski definition) is 6. The minimum Gasteiger partial charge on any atom is -0.465 e. The molecule has 2 aliphatic heterocycles. The first kappa shape index (κ1) is 20.9. The molecule has 2 aliphatic rings. The van der Waals surface area contributed by atoms with E-state index in [0.29, 0.717) is 25.1 Å². The van der Waals surface area contributed by atoms with E-state index >= 15 is 0 Å². The Morgan fingerprint density at radius 2 is 2.00 bits per heavy atom. The van der Waals surface area contributed by atoms with Gasteiger partial charge in [-0.1, -0.05) is 0 Å². The van der Waals surface area contributed by atoms with Crippen LogP contribution in [-0.2, 0) is 29.2 Å². The Morgan fingerprint density at radius 3 is 2.72 bits per heavy atom. The van der Waals surface area contributed by atoms with E-state index in [4.69, 9.17) is 4.98 Å². The lowest BCUT2D eigenvalue weighted by molar-refractivity contribution is 0.198. The molecule has 1 aromatic carbocycles. The quantitative estimate of drug-likeness (QED) is 0.637. The molecule has 32 heavy (non-hydrogen) atoms. The maximum Gasteiger partial charge on any atom is 0.412 e. The van der Waals surface area contributed by atoms with Gasteiger partial charge in [-0.15, -0.1) is 0 Å². The number of imidazole rings is 1. The molecule has 0 aliphatic carbocycles. The molecule has 1 saturated heterocycles. The van der Waals surface area contributed by atoms with Gasteiger partial charge in [-0.3, -0.25) is 4.90 Å². The van der Waals surface area contributed by atoms with Gasteiger partial charge < -0.3 is 9.67 Å². The number of aryl methyl sites for hydroxylation is 3. The summed E-state index contributed by atoms with van der Waals surface area (Å²) in [5.41, 5.74) is 3.23. The Morgan fingerprint density at radius 1 is 1.22 bits per heavy atom. The standard InChI is InChI=1S/C21H26N6O4S/c1-14-4-5-16-17(26(14)21(28)29)6-7-18-20(16)24-19(8-11-25-22-9-10-23-25)27(18)15-3-2-12-32(30,31)13-15/h6-7,9-10,14-15H,2-5,8,11-13H2,1H3,(H,28,29)/t14-,15+/m0/s1. The highest BCUT2D eigenvalue weighted by atomic mass is 32.2. The van der Waals surface area contributed by atoms with Crippen molar-refractivity contribution in [2.75, 3.05) is 16.4 Å². The third-order valence-electron chi connectivity index (χ3n) is 6.54. The van der Waals surface area contributed by atoms with Gasteiger partial charge in [0.2, 0.25) is 0 Å². The summed E-state index contributed by atoms with van der Waals surface area (Å²) in [5.74, 6) is 1.11. The van der Waals surface area contributed by atoms with Gasteiger partial charge in [0.25, 0.3) is 0 Å². The maximum atomic E-state index is 12.4. The van der Waals surface area contributed by atoms with Gasteiger partial charge in [-0.2, -0.15) is 15.0 Å². The summed E-state index contributed by atoms with van der Waals surface area (Å²) in [4.78, 5) is 19.9. The third-order valence-corrected chi connectivity index (χ3v) is 8.34. The highest BCUT2D eigenvalue weighted by Crippen LogP contribution is 2.38. The topological polar surface area (TPSA) is 123 Å². The van der Waals surface area contributed by atoms with Crippen LogP contribution in [0.4, 0.5) is 10.5 Å². The molecule has 5 rings (SSSR count). The van der Waals surface area contributed by atoms with Crippen LogP contribution in [0.15, 0.2) is 24.5 Å². The van der Waals surface area contributed by atoms with E-state index in [9.17, 15) is 18.3 Å². The van der Waals surface area contributed by atoms with Crippen LogP contribution in [0.25, 0.3) is 11.0 Å². The van der Waals surface area contributed by atoms with Crippen LogP contribution in [0.1, 0.15) is 43.6 Å². The first-order chi connectivity index (χ1) is 15.3. The van der Waals surface area contributed by atoms with Crippen LogP contribution in [0.2, 0.25) is 0 Å². The lowest BCUT2D eigenvalue weighted by Gasteiger charge is -2.33. The third kappa shape index (κ3) is 3.64. The molecule has 2 aromatic heterocycles. The second-order valence-corrected chi connectivity index (χ2v) is 10.9. The van der Waals surface area contributed by atoms with E-state index < -0.39 is 15.9 Å². The molecule has 1 N–H and O–H groups in total. The van der Waals surface area contributed by atoms with Crippen molar-refractivity contribution in [3.63, 3.8) is 0 Å². The summed E-state index contributed by atoms with van der Waals surface area (Å²) in [5, 5.41) is 18.1. The molecule has 1 amide bonds. The van der Waals surface area contributed by atoms with Crippen LogP contribution < -0.4 is 4.90 Å². The van der Waals surface area contributed by atoms with E-state index in [-0.39, 0.29) is 23.6 Å². The molecule has 2 atom stereocenters. The molecular weight excluding hydrogens is 432 g/mol. The molecule has 4 heterocycles. The number of hydrogen-bond donors (Lipinski definition) is 1. The minimum atomic E-state index is -3.11. The second kappa shape index (κ2) is 7.88. The fourth-order valence-corrected chi connectivity index (χ4v) is 6.76. The van der Waals surface area contributed by atoms with Gasteiger partial charge >= 0.3 is 6.09 Å². The van der Waals surface area contributed by atoms with Gasteiger partial charge in [0.15, 0.2) is 9.84 Å². The zero-order valence-corrected chi connectivity index (χ0v) is 18.7. The number of benzene rings is 1. The number of fused-ring (bicyclic) bond motifs is 3. The Kier molecular flexibility index (Phi) is 5.15. The average Bonchev–Trinajstić information content (AvgIpc) is 3.38. The van der Waals surface area contributed by atoms with Crippen molar-refractivity contribution < 1.29 is 18.3 Å². The zero-order chi connectivity index (χ0) is 22.5. The summed E-state index contributed by atoms with van der Waals surface area (Å²) in [6.45, 7) is 2.44. The van der Waals surface area contributed by atoms with Crippen molar-refractivity contribution in [3.8, 4) is 0 Å². The van der Waals surface area contributed by atoms with E-state index in [1.165, 1.54) is 4.90 Å². The Labute approximate surface area is 185 Å².